The molecule has 0 fully saturated rings. The predicted molar refractivity (Wildman–Crippen MR) is 118 cm³/mol. The van der Waals surface area contributed by atoms with Crippen LogP contribution in [0.25, 0.3) is 10.6 Å². The van der Waals surface area contributed by atoms with Crippen molar-refractivity contribution in [1.82, 2.24) is 4.98 Å². The number of nitrogens with zero attached hydrogens (tertiary/aromatic N) is 1. The second kappa shape index (κ2) is 10.2. The van der Waals surface area contributed by atoms with Crippen molar-refractivity contribution in [3.05, 3.63) is 63.1 Å². The number of carbonyl (C=O) groups is 1. The lowest BCUT2D eigenvalue weighted by atomic mass is 10.1. The third kappa shape index (κ3) is 5.48. The number of nitrogens with one attached hydrogen (secondary N) is 1. The average molecular weight is 521 g/mol. The number of carbonyl (C=O) groups excluding carboxylic acids is 1. The van der Waals surface area contributed by atoms with Gasteiger partial charge in [-0.25, -0.2) is 13.8 Å². The number of alkyl halides is 3. The quantitative estimate of drug-likeness (QED) is 0.355. The van der Waals surface area contributed by atoms with Crippen LogP contribution in [0.2, 0.25) is 5.02 Å². The molecule has 0 aliphatic carbocycles. The molecule has 0 aliphatic heterocycles. The van der Waals surface area contributed by atoms with Crippen LogP contribution in [0.5, 0.6) is 5.75 Å². The molecule has 1 heterocycles. The molecule has 2 aromatic carbocycles. The van der Waals surface area contributed by atoms with Crippen molar-refractivity contribution < 1.29 is 36.6 Å². The van der Waals surface area contributed by atoms with Gasteiger partial charge < -0.3 is 15.2 Å². The Morgan fingerprint density at radius 3 is 2.53 bits per heavy atom. The molecule has 1 atom stereocenters. The van der Waals surface area contributed by atoms with E-state index in [-0.39, 0.29) is 22.2 Å². The van der Waals surface area contributed by atoms with Gasteiger partial charge in [0.15, 0.2) is 6.10 Å². The number of ether oxygens (including phenoxy) is 1. The Hall–Kier alpha value is -2.76. The van der Waals surface area contributed by atoms with E-state index in [0.29, 0.717) is 23.1 Å². The van der Waals surface area contributed by atoms with Crippen molar-refractivity contribution in [2.24, 2.45) is 0 Å². The fourth-order valence-corrected chi connectivity index (χ4v) is 4.18. The molecular formula is C22H18ClF5N2O3S. The van der Waals surface area contributed by atoms with Gasteiger partial charge in [-0.1, -0.05) is 24.6 Å². The van der Waals surface area contributed by atoms with Gasteiger partial charge in [0.05, 0.1) is 33.5 Å². The first-order valence-electron chi connectivity index (χ1n) is 9.88. The molecule has 0 aliphatic rings. The van der Waals surface area contributed by atoms with Crippen LogP contribution in [0, 0.1) is 11.6 Å². The lowest BCUT2D eigenvalue weighted by molar-refractivity contribution is -0.189. The summed E-state index contributed by atoms with van der Waals surface area (Å²) in [5.74, 6) is -3.59. The molecule has 182 valence electrons. The van der Waals surface area contributed by atoms with E-state index in [0.717, 1.165) is 30.4 Å². The summed E-state index contributed by atoms with van der Waals surface area (Å²) in [4.78, 5) is 17.5. The summed E-state index contributed by atoms with van der Waals surface area (Å²) < 4.78 is 73.6. The van der Waals surface area contributed by atoms with Gasteiger partial charge in [0.25, 0.3) is 5.91 Å². The zero-order chi connectivity index (χ0) is 25.2. The number of benzene rings is 2. The van der Waals surface area contributed by atoms with Crippen molar-refractivity contribution in [3.8, 4) is 16.3 Å². The Kier molecular flexibility index (Phi) is 7.79. The van der Waals surface area contributed by atoms with Crippen LogP contribution in [0.1, 0.15) is 34.8 Å². The van der Waals surface area contributed by atoms with Crippen molar-refractivity contribution in [2.45, 2.75) is 39.2 Å². The van der Waals surface area contributed by atoms with E-state index >= 15 is 4.39 Å². The molecule has 34 heavy (non-hydrogen) atoms. The summed E-state index contributed by atoms with van der Waals surface area (Å²) >= 11 is 6.85. The van der Waals surface area contributed by atoms with E-state index in [9.17, 15) is 27.5 Å². The maximum atomic E-state index is 15.0. The number of hydrogen-bond acceptors (Lipinski definition) is 5. The van der Waals surface area contributed by atoms with Crippen LogP contribution in [0.4, 0.5) is 27.6 Å². The Morgan fingerprint density at radius 2 is 1.97 bits per heavy atom. The number of aryl methyl sites for hydroxylation is 1. The highest BCUT2D eigenvalue weighted by atomic mass is 35.5. The smallest absolute Gasteiger partial charge is 0.425 e. The largest absolute Gasteiger partial charge is 0.480 e. The second-order valence-electron chi connectivity index (χ2n) is 7.08. The topological polar surface area (TPSA) is 71.5 Å². The van der Waals surface area contributed by atoms with E-state index in [1.807, 2.05) is 0 Å². The first kappa shape index (κ1) is 25.9. The van der Waals surface area contributed by atoms with Gasteiger partial charge in [-0.2, -0.15) is 13.2 Å². The van der Waals surface area contributed by atoms with Gasteiger partial charge in [0.1, 0.15) is 22.4 Å². The summed E-state index contributed by atoms with van der Waals surface area (Å²) in [6, 6.07) is 5.21. The number of amides is 1. The monoisotopic (exact) mass is 520 g/mol. The number of hydrogen-bond donors (Lipinski definition) is 2. The normalized spacial score (nSPS) is 12.5. The molecule has 0 spiro atoms. The fraction of sp³-hybridized carbons (Fsp3) is 0.273. The summed E-state index contributed by atoms with van der Waals surface area (Å²) in [6.45, 7) is 2.15. The van der Waals surface area contributed by atoms with Crippen LogP contribution in [-0.2, 0) is 13.0 Å². The minimum absolute atomic E-state index is 0.0898. The van der Waals surface area contributed by atoms with Crippen LogP contribution < -0.4 is 10.1 Å². The van der Waals surface area contributed by atoms with Crippen molar-refractivity contribution in [3.63, 3.8) is 0 Å². The Morgan fingerprint density at radius 1 is 1.26 bits per heavy atom. The van der Waals surface area contributed by atoms with Crippen LogP contribution >= 0.6 is 22.9 Å². The highest BCUT2D eigenvalue weighted by Crippen LogP contribution is 2.37. The number of halogens is 6. The first-order valence-corrected chi connectivity index (χ1v) is 11.1. The van der Waals surface area contributed by atoms with E-state index in [2.05, 4.69) is 10.3 Å². The molecule has 12 heteroatoms. The number of thiazole rings is 1. The zero-order valence-electron chi connectivity index (χ0n) is 17.8. The second-order valence-corrected chi connectivity index (χ2v) is 8.57. The summed E-state index contributed by atoms with van der Waals surface area (Å²) in [7, 11) is 0. The molecule has 0 bridgehead atoms. The van der Waals surface area contributed by atoms with Gasteiger partial charge in [-0.15, -0.1) is 11.3 Å². The Bertz CT molecular complexity index is 1170. The van der Waals surface area contributed by atoms with Gasteiger partial charge in [0.2, 0.25) is 0 Å². The van der Waals surface area contributed by atoms with Gasteiger partial charge in [0, 0.05) is 5.56 Å². The average Bonchev–Trinajstić information content (AvgIpc) is 3.19. The van der Waals surface area contributed by atoms with Crippen molar-refractivity contribution in [1.29, 1.82) is 0 Å². The molecular weight excluding hydrogens is 503 g/mol. The summed E-state index contributed by atoms with van der Waals surface area (Å²) in [5, 5.41) is 11.5. The number of para-hydroxylation sites is 1. The summed E-state index contributed by atoms with van der Waals surface area (Å²) in [5.41, 5.74) is -0.742. The molecule has 5 nitrogen and oxygen atoms in total. The number of aliphatic hydroxyl groups is 1. The number of aromatic nitrogens is 1. The number of aliphatic hydroxyl groups excluding tert-OH is 1. The molecule has 1 aromatic heterocycles. The third-order valence-corrected chi connectivity index (χ3v) is 6.20. The van der Waals surface area contributed by atoms with Crippen LogP contribution in [0.15, 0.2) is 30.3 Å². The fourth-order valence-electron chi connectivity index (χ4n) is 2.95. The highest BCUT2D eigenvalue weighted by Gasteiger charge is 2.39. The minimum atomic E-state index is -4.78. The van der Waals surface area contributed by atoms with Crippen LogP contribution in [-0.4, -0.2) is 28.3 Å². The van der Waals surface area contributed by atoms with Crippen LogP contribution in [0.3, 0.4) is 0 Å². The van der Waals surface area contributed by atoms with Crippen molar-refractivity contribution >= 4 is 34.5 Å². The Labute approximate surface area is 200 Å². The molecule has 0 unspecified atom stereocenters. The molecule has 0 radical (unpaired) electrons. The lowest BCUT2D eigenvalue weighted by Crippen LogP contribution is -2.32. The maximum absolute atomic E-state index is 15.0. The van der Waals surface area contributed by atoms with Crippen molar-refractivity contribution in [2.75, 3.05) is 5.32 Å². The van der Waals surface area contributed by atoms with E-state index < -0.39 is 46.8 Å². The number of anilines is 1. The Balaban J connectivity index is 2.10. The molecule has 2 N–H and O–H groups in total. The molecule has 3 aromatic rings. The van der Waals surface area contributed by atoms with E-state index in [1.54, 1.807) is 6.92 Å². The van der Waals surface area contributed by atoms with Gasteiger partial charge in [-0.05, 0) is 37.6 Å². The van der Waals surface area contributed by atoms with Gasteiger partial charge in [-0.3, -0.25) is 4.79 Å². The molecule has 0 saturated heterocycles. The minimum Gasteiger partial charge on any atom is -0.480 e. The van der Waals surface area contributed by atoms with E-state index in [1.165, 1.54) is 12.1 Å². The molecule has 0 saturated carbocycles. The molecule has 3 rings (SSSR count). The lowest BCUT2D eigenvalue weighted by Gasteiger charge is -2.20. The molecule has 1 amide bonds. The number of rotatable bonds is 7. The third-order valence-electron chi connectivity index (χ3n) is 4.77. The predicted octanol–water partition coefficient (Wildman–Crippen LogP) is 6.38. The SMILES string of the molecule is CCc1nc(-c2cc(O[C@@H](C)C(F)(F)F)c(C(=O)Nc3c(F)cccc3Cl)cc2F)sc1CO. The zero-order valence-corrected chi connectivity index (χ0v) is 19.3. The maximum Gasteiger partial charge on any atom is 0.425 e. The summed E-state index contributed by atoms with van der Waals surface area (Å²) in [6.07, 6.45) is -6.69. The highest BCUT2D eigenvalue weighted by molar-refractivity contribution is 7.15. The standard InChI is InChI=1S/C22H18ClF5N2O3S/c1-3-16-18(9-31)34-21(29-16)11-8-17(33-10(2)22(26,27)28)12(7-15(11)25)20(32)30-19-13(23)5-4-6-14(19)24/h4-8,10,31H,3,9H2,1-2H3,(H,30,32)/t10-/m0/s1. The first-order chi connectivity index (χ1) is 16.0. The van der Waals surface area contributed by atoms with E-state index in [4.69, 9.17) is 16.3 Å². The van der Waals surface area contributed by atoms with Gasteiger partial charge >= 0.3 is 6.18 Å².